The summed E-state index contributed by atoms with van der Waals surface area (Å²) in [4.78, 5) is 15.5. The summed E-state index contributed by atoms with van der Waals surface area (Å²) in [6.45, 7) is 0. The van der Waals surface area contributed by atoms with Gasteiger partial charge in [-0.3, -0.25) is 4.79 Å². The Kier molecular flexibility index (Phi) is 5.17. The molecular weight excluding hydrogens is 383 g/mol. The van der Waals surface area contributed by atoms with E-state index in [1.165, 1.54) is 35.2 Å². The van der Waals surface area contributed by atoms with E-state index in [0.29, 0.717) is 10.9 Å². The quantitative estimate of drug-likeness (QED) is 0.367. The number of nitrogens with one attached hydrogen (secondary N) is 2. The second-order valence-electron chi connectivity index (χ2n) is 5.87. The minimum Gasteiger partial charge on any atom is -0.361 e. The molecule has 27 heavy (non-hydrogen) atoms. The number of nitrogens with zero attached hydrogens (tertiary/aromatic N) is 2. The highest BCUT2D eigenvalue weighted by molar-refractivity contribution is 8.00. The first-order chi connectivity index (χ1) is 13.2. The van der Waals surface area contributed by atoms with Crippen LogP contribution in [0.25, 0.3) is 10.9 Å². The number of hydrogen-bond donors (Lipinski definition) is 2. The van der Waals surface area contributed by atoms with Crippen molar-refractivity contribution >= 4 is 45.0 Å². The van der Waals surface area contributed by atoms with E-state index in [4.69, 9.17) is 0 Å². The number of para-hydroxylation sites is 1. The maximum atomic E-state index is 12.9. The van der Waals surface area contributed by atoms with Crippen molar-refractivity contribution < 1.29 is 9.18 Å². The molecule has 2 aromatic heterocycles. The fourth-order valence-electron chi connectivity index (χ4n) is 2.66. The summed E-state index contributed by atoms with van der Waals surface area (Å²) in [6.07, 6.45) is 2.12. The molecule has 0 aliphatic carbocycles. The minimum atomic E-state index is -0.250. The van der Waals surface area contributed by atoms with Crippen LogP contribution in [0.5, 0.6) is 0 Å². The van der Waals surface area contributed by atoms with Crippen molar-refractivity contribution in [1.29, 1.82) is 0 Å². The Hall–Kier alpha value is -2.71. The molecule has 2 aromatic carbocycles. The SMILES string of the molecule is O=C(Cc1c[nH]c2ccccc12)Nc1nnc(SCc2ccc(F)cc2)s1. The number of hydrogen-bond acceptors (Lipinski definition) is 5. The lowest BCUT2D eigenvalue weighted by Gasteiger charge is -2.00. The maximum Gasteiger partial charge on any atom is 0.230 e. The summed E-state index contributed by atoms with van der Waals surface area (Å²) in [5.41, 5.74) is 2.95. The second-order valence-corrected chi connectivity index (χ2v) is 8.07. The fourth-order valence-corrected chi connectivity index (χ4v) is 4.38. The van der Waals surface area contributed by atoms with Crippen LogP contribution in [-0.2, 0) is 17.0 Å². The van der Waals surface area contributed by atoms with Gasteiger partial charge in [-0.2, -0.15) is 0 Å². The van der Waals surface area contributed by atoms with E-state index in [1.54, 1.807) is 12.1 Å². The van der Waals surface area contributed by atoms with Gasteiger partial charge < -0.3 is 10.3 Å². The Morgan fingerprint density at radius 2 is 1.96 bits per heavy atom. The lowest BCUT2D eigenvalue weighted by Crippen LogP contribution is -2.14. The van der Waals surface area contributed by atoms with E-state index in [-0.39, 0.29) is 18.1 Å². The highest BCUT2D eigenvalue weighted by atomic mass is 32.2. The molecule has 136 valence electrons. The number of amides is 1. The third-order valence-corrected chi connectivity index (χ3v) is 6.00. The number of halogens is 1. The van der Waals surface area contributed by atoms with Crippen molar-refractivity contribution in [2.75, 3.05) is 5.32 Å². The predicted octanol–water partition coefficient (Wildman–Crippen LogP) is 4.63. The fraction of sp³-hybridized carbons (Fsp3) is 0.105. The number of aromatic amines is 1. The Balaban J connectivity index is 1.34. The first-order valence-electron chi connectivity index (χ1n) is 8.23. The highest BCUT2D eigenvalue weighted by Crippen LogP contribution is 2.28. The van der Waals surface area contributed by atoms with E-state index >= 15 is 0 Å². The molecule has 0 aliphatic heterocycles. The monoisotopic (exact) mass is 398 g/mol. The first kappa shape index (κ1) is 17.7. The van der Waals surface area contributed by atoms with E-state index in [9.17, 15) is 9.18 Å². The number of fused-ring (bicyclic) bond motifs is 1. The Morgan fingerprint density at radius 1 is 1.15 bits per heavy atom. The summed E-state index contributed by atoms with van der Waals surface area (Å²) in [7, 11) is 0. The molecule has 2 heterocycles. The van der Waals surface area contributed by atoms with Gasteiger partial charge in [0, 0.05) is 22.9 Å². The van der Waals surface area contributed by atoms with Crippen LogP contribution in [-0.4, -0.2) is 21.1 Å². The van der Waals surface area contributed by atoms with Crippen LogP contribution >= 0.6 is 23.1 Å². The van der Waals surface area contributed by atoms with Crippen LogP contribution in [0.15, 0.2) is 59.1 Å². The van der Waals surface area contributed by atoms with Crippen LogP contribution < -0.4 is 5.32 Å². The first-order valence-corrected chi connectivity index (χ1v) is 10.0. The average molecular weight is 398 g/mol. The van der Waals surface area contributed by atoms with Crippen LogP contribution in [0.4, 0.5) is 9.52 Å². The zero-order valence-electron chi connectivity index (χ0n) is 14.1. The molecule has 0 radical (unpaired) electrons. The summed E-state index contributed by atoms with van der Waals surface area (Å²) in [6, 6.07) is 14.2. The Morgan fingerprint density at radius 3 is 2.81 bits per heavy atom. The van der Waals surface area contributed by atoms with E-state index in [2.05, 4.69) is 20.5 Å². The number of anilines is 1. The predicted molar refractivity (Wildman–Crippen MR) is 107 cm³/mol. The molecule has 1 amide bonds. The molecule has 0 atom stereocenters. The molecule has 0 bridgehead atoms. The van der Waals surface area contributed by atoms with Gasteiger partial charge in [-0.25, -0.2) is 4.39 Å². The van der Waals surface area contributed by atoms with E-state index in [0.717, 1.165) is 26.4 Å². The number of rotatable bonds is 6. The van der Waals surface area contributed by atoms with Crippen LogP contribution in [0.1, 0.15) is 11.1 Å². The molecule has 8 heteroatoms. The van der Waals surface area contributed by atoms with Gasteiger partial charge in [-0.15, -0.1) is 10.2 Å². The summed E-state index contributed by atoms with van der Waals surface area (Å²) in [5, 5.41) is 12.4. The lowest BCUT2D eigenvalue weighted by molar-refractivity contribution is -0.115. The number of aromatic nitrogens is 3. The number of benzene rings is 2. The molecule has 0 fully saturated rings. The van der Waals surface area contributed by atoms with Crippen molar-refractivity contribution in [2.24, 2.45) is 0 Å². The molecule has 4 rings (SSSR count). The highest BCUT2D eigenvalue weighted by Gasteiger charge is 2.12. The summed E-state index contributed by atoms with van der Waals surface area (Å²) < 4.78 is 13.7. The topological polar surface area (TPSA) is 70.7 Å². The number of carbonyl (C=O) groups is 1. The molecule has 5 nitrogen and oxygen atoms in total. The lowest BCUT2D eigenvalue weighted by atomic mass is 10.1. The van der Waals surface area contributed by atoms with Gasteiger partial charge in [0.05, 0.1) is 6.42 Å². The number of H-pyrrole nitrogens is 1. The molecule has 0 unspecified atom stereocenters. The molecule has 0 spiro atoms. The van der Waals surface area contributed by atoms with Crippen molar-refractivity contribution in [3.63, 3.8) is 0 Å². The van der Waals surface area contributed by atoms with Gasteiger partial charge in [0.2, 0.25) is 11.0 Å². The zero-order valence-corrected chi connectivity index (χ0v) is 15.7. The van der Waals surface area contributed by atoms with Gasteiger partial charge in [-0.1, -0.05) is 53.4 Å². The average Bonchev–Trinajstić information content (AvgIpc) is 3.29. The molecule has 0 aliphatic rings. The standard InChI is InChI=1S/C19H15FN4OS2/c20-14-7-5-12(6-8-14)11-26-19-24-23-18(27-19)22-17(25)9-13-10-21-16-4-2-1-3-15(13)16/h1-8,10,21H,9,11H2,(H,22,23,25). The maximum absolute atomic E-state index is 12.9. The van der Waals surface area contributed by atoms with Crippen LogP contribution in [0, 0.1) is 5.82 Å². The van der Waals surface area contributed by atoms with Crippen molar-refractivity contribution in [3.05, 3.63) is 71.7 Å². The van der Waals surface area contributed by atoms with Gasteiger partial charge in [0.1, 0.15) is 5.82 Å². The van der Waals surface area contributed by atoms with E-state index in [1.807, 2.05) is 30.5 Å². The normalized spacial score (nSPS) is 11.0. The molecule has 0 saturated carbocycles. The van der Waals surface area contributed by atoms with Gasteiger partial charge in [0.25, 0.3) is 0 Å². The van der Waals surface area contributed by atoms with Crippen molar-refractivity contribution in [3.8, 4) is 0 Å². The molecule has 4 aromatic rings. The van der Waals surface area contributed by atoms with Crippen molar-refractivity contribution in [1.82, 2.24) is 15.2 Å². The van der Waals surface area contributed by atoms with Crippen LogP contribution in [0.3, 0.4) is 0 Å². The summed E-state index contributed by atoms with van der Waals surface area (Å²) >= 11 is 2.83. The van der Waals surface area contributed by atoms with Gasteiger partial charge >= 0.3 is 0 Å². The molecule has 0 saturated heterocycles. The van der Waals surface area contributed by atoms with Gasteiger partial charge in [0.15, 0.2) is 4.34 Å². The second kappa shape index (κ2) is 7.89. The third-order valence-electron chi connectivity index (χ3n) is 3.95. The number of carbonyl (C=O) groups excluding carboxylic acids is 1. The molecule has 2 N–H and O–H groups in total. The minimum absolute atomic E-state index is 0.133. The smallest absolute Gasteiger partial charge is 0.230 e. The number of thioether (sulfide) groups is 1. The largest absolute Gasteiger partial charge is 0.361 e. The molecular formula is C19H15FN4OS2. The third kappa shape index (κ3) is 4.35. The Labute approximate surface area is 163 Å². The Bertz CT molecular complexity index is 1070. The van der Waals surface area contributed by atoms with Crippen molar-refractivity contribution in [2.45, 2.75) is 16.5 Å². The van der Waals surface area contributed by atoms with Crippen LogP contribution in [0.2, 0.25) is 0 Å². The zero-order chi connectivity index (χ0) is 18.6. The van der Waals surface area contributed by atoms with E-state index < -0.39 is 0 Å². The summed E-state index contributed by atoms with van der Waals surface area (Å²) in [5.74, 6) is 0.281. The van der Waals surface area contributed by atoms with Gasteiger partial charge in [-0.05, 0) is 29.3 Å².